The number of esters is 2. The quantitative estimate of drug-likeness (QED) is 0.0800. The monoisotopic (exact) mass is 1090 g/mol. The SMILES string of the molecule is CC(C)N(C(=O)COc1nnc(C(F)(F)F)s1)c1ccc(F)cc1.CCOC(=O)C1=NN(c2ccc(Cl)cc2Cl)C(C)(C(=O)OCC)C1.COc1ncc(F)c2nc(S(=O)(=O)Nc3c(F)cccc3F)nn12. The Morgan fingerprint density at radius 2 is 1.60 bits per heavy atom. The lowest BCUT2D eigenvalue weighted by Crippen LogP contribution is -2.48. The Labute approximate surface area is 418 Å². The normalized spacial score (nSPS) is 14.4. The molecule has 0 radical (unpaired) electrons. The van der Waals surface area contributed by atoms with E-state index in [0.29, 0.717) is 25.9 Å². The number of hydrogen-bond donors (Lipinski definition) is 1. The van der Waals surface area contributed by atoms with Crippen LogP contribution in [0.25, 0.3) is 5.65 Å². The highest BCUT2D eigenvalue weighted by atomic mass is 35.5. The summed E-state index contributed by atoms with van der Waals surface area (Å²) in [6.45, 7) is 8.46. The van der Waals surface area contributed by atoms with Crippen LogP contribution in [0.4, 0.5) is 47.8 Å². The van der Waals surface area contributed by atoms with Gasteiger partial charge in [-0.2, -0.15) is 36.2 Å². The Hall–Kier alpha value is -6.91. The van der Waals surface area contributed by atoms with Crippen molar-refractivity contribution in [1.29, 1.82) is 0 Å². The number of hydrogen-bond acceptors (Lipinski definition) is 17. The summed E-state index contributed by atoms with van der Waals surface area (Å²) >= 11 is 12.4. The molecule has 1 amide bonds. The fourth-order valence-corrected chi connectivity index (χ4v) is 8.16. The molecule has 1 N–H and O–H groups in total. The van der Waals surface area contributed by atoms with Crippen molar-refractivity contribution in [1.82, 2.24) is 29.8 Å². The van der Waals surface area contributed by atoms with Crippen LogP contribution in [0.3, 0.4) is 0 Å². The minimum absolute atomic E-state index is 0.0591. The molecule has 1 aliphatic heterocycles. The fourth-order valence-electron chi connectivity index (χ4n) is 6.15. The molecule has 19 nitrogen and oxygen atoms in total. The van der Waals surface area contributed by atoms with Crippen LogP contribution >= 0.6 is 34.5 Å². The van der Waals surface area contributed by atoms with Gasteiger partial charge in [0.1, 0.15) is 28.9 Å². The summed E-state index contributed by atoms with van der Waals surface area (Å²) in [6, 6.07) is 12.4. The highest BCUT2D eigenvalue weighted by molar-refractivity contribution is 7.92. The highest BCUT2D eigenvalue weighted by Crippen LogP contribution is 2.39. The van der Waals surface area contributed by atoms with Crippen molar-refractivity contribution in [2.45, 2.75) is 64.0 Å². The third-order valence-electron chi connectivity index (χ3n) is 9.31. The third kappa shape index (κ3) is 13.3. The van der Waals surface area contributed by atoms with Crippen LogP contribution in [-0.4, -0.2) is 100 Å². The van der Waals surface area contributed by atoms with E-state index in [2.05, 4.69) is 30.4 Å². The predicted octanol–water partition coefficient (Wildman–Crippen LogP) is 8.31. The number of alkyl halides is 3. The van der Waals surface area contributed by atoms with E-state index >= 15 is 0 Å². The second kappa shape index (κ2) is 23.5. The van der Waals surface area contributed by atoms with Crippen molar-refractivity contribution < 1.29 is 72.5 Å². The number of para-hydroxylation sites is 1. The molecule has 0 bridgehead atoms. The number of rotatable bonds is 14. The Morgan fingerprint density at radius 3 is 2.17 bits per heavy atom. The number of aromatic nitrogens is 6. The van der Waals surface area contributed by atoms with Gasteiger partial charge in [-0.15, -0.1) is 10.2 Å². The van der Waals surface area contributed by atoms with Crippen LogP contribution in [-0.2, 0) is 40.1 Å². The number of carbonyl (C=O) groups is 3. The van der Waals surface area contributed by atoms with Gasteiger partial charge in [0.25, 0.3) is 26.3 Å². The van der Waals surface area contributed by atoms with Crippen molar-refractivity contribution >= 4 is 90.8 Å². The number of methoxy groups -OCH3 is 1. The zero-order valence-corrected chi connectivity index (χ0v) is 41.3. The second-order valence-electron chi connectivity index (χ2n) is 14.8. The van der Waals surface area contributed by atoms with Crippen LogP contribution in [0.5, 0.6) is 11.2 Å². The number of nitrogens with zero attached hydrogens (tertiary/aromatic N) is 9. The van der Waals surface area contributed by atoms with Gasteiger partial charge >= 0.3 is 24.1 Å². The summed E-state index contributed by atoms with van der Waals surface area (Å²) in [5, 5.41) is 13.8. The molecule has 4 heterocycles. The van der Waals surface area contributed by atoms with E-state index in [1.54, 1.807) is 57.5 Å². The molecule has 1 atom stereocenters. The van der Waals surface area contributed by atoms with Gasteiger partial charge in [-0.25, -0.2) is 37.1 Å². The molecule has 1 unspecified atom stereocenters. The summed E-state index contributed by atoms with van der Waals surface area (Å²) < 4.78 is 138. The number of carbonyl (C=O) groups excluding carboxylic acids is 3. The van der Waals surface area contributed by atoms with Crippen molar-refractivity contribution in [2.24, 2.45) is 5.10 Å². The first-order valence-corrected chi connectivity index (χ1v) is 23.6. The molecule has 72 heavy (non-hydrogen) atoms. The summed E-state index contributed by atoms with van der Waals surface area (Å²) in [5.74, 6) is -5.23. The highest BCUT2D eigenvalue weighted by Gasteiger charge is 2.49. The van der Waals surface area contributed by atoms with Crippen LogP contribution in [0.1, 0.15) is 46.0 Å². The maximum atomic E-state index is 13.7. The van der Waals surface area contributed by atoms with E-state index < -0.39 is 91.0 Å². The lowest BCUT2D eigenvalue weighted by atomic mass is 9.95. The Kier molecular flexibility index (Phi) is 18.3. The molecular formula is C42H39Cl2F7N10O9S2. The fraction of sp³-hybridized carbons (Fsp3) is 0.310. The van der Waals surface area contributed by atoms with Gasteiger partial charge in [0.15, 0.2) is 23.6 Å². The average molecular weight is 1100 g/mol. The molecular weight excluding hydrogens is 1060 g/mol. The summed E-state index contributed by atoms with van der Waals surface area (Å²) in [6.07, 6.45) is -3.78. The summed E-state index contributed by atoms with van der Waals surface area (Å²) in [4.78, 5) is 45.3. The second-order valence-corrected chi connectivity index (χ2v) is 18.1. The Bertz CT molecular complexity index is 3060. The smallest absolute Gasteiger partial charge is 0.445 e. The number of sulfonamides is 1. The first-order chi connectivity index (χ1) is 33.8. The lowest BCUT2D eigenvalue weighted by molar-refractivity contribution is -0.148. The van der Waals surface area contributed by atoms with Crippen LogP contribution in [0, 0.1) is 23.3 Å². The lowest BCUT2D eigenvalue weighted by Gasteiger charge is -2.32. The molecule has 0 fully saturated rings. The number of fused-ring (bicyclic) bond motifs is 1. The van der Waals surface area contributed by atoms with E-state index in [1.807, 2.05) is 0 Å². The predicted molar refractivity (Wildman–Crippen MR) is 247 cm³/mol. The van der Waals surface area contributed by atoms with Gasteiger partial charge in [-0.05, 0) is 89.2 Å². The van der Waals surface area contributed by atoms with Gasteiger partial charge in [0.05, 0.1) is 37.2 Å². The van der Waals surface area contributed by atoms with Gasteiger partial charge in [0, 0.05) is 23.2 Å². The molecule has 3 aromatic heterocycles. The molecule has 3 aromatic carbocycles. The average Bonchev–Trinajstić information content (AvgIpc) is 4.08. The van der Waals surface area contributed by atoms with Gasteiger partial charge in [-0.3, -0.25) is 9.52 Å². The molecule has 0 saturated carbocycles. The Morgan fingerprint density at radius 1 is 0.944 bits per heavy atom. The first-order valence-electron chi connectivity index (χ1n) is 20.5. The zero-order valence-electron chi connectivity index (χ0n) is 38.2. The summed E-state index contributed by atoms with van der Waals surface area (Å²) in [7, 11) is -3.37. The van der Waals surface area contributed by atoms with E-state index in [9.17, 15) is 53.5 Å². The molecule has 386 valence electrons. The van der Waals surface area contributed by atoms with Gasteiger partial charge < -0.3 is 23.8 Å². The van der Waals surface area contributed by atoms with Crippen LogP contribution in [0.15, 0.2) is 77.1 Å². The van der Waals surface area contributed by atoms with Crippen molar-refractivity contribution in [2.75, 3.05) is 41.6 Å². The number of amides is 1. The van der Waals surface area contributed by atoms with E-state index in [1.165, 1.54) is 41.3 Å². The molecule has 6 aromatic rings. The van der Waals surface area contributed by atoms with E-state index in [-0.39, 0.29) is 53.9 Å². The largest absolute Gasteiger partial charge is 0.467 e. The van der Waals surface area contributed by atoms with Crippen LogP contribution in [0.2, 0.25) is 10.0 Å². The third-order valence-corrected chi connectivity index (χ3v) is 11.9. The molecule has 30 heteroatoms. The number of hydrazone groups is 1. The minimum atomic E-state index is -4.61. The van der Waals surface area contributed by atoms with Crippen molar-refractivity contribution in [3.05, 3.63) is 105 Å². The zero-order chi connectivity index (χ0) is 53.3. The van der Waals surface area contributed by atoms with Crippen molar-refractivity contribution in [3.63, 3.8) is 0 Å². The molecule has 0 spiro atoms. The number of halogens is 9. The number of anilines is 3. The molecule has 0 aliphatic carbocycles. The van der Waals surface area contributed by atoms with Gasteiger partial charge in [-0.1, -0.05) is 45.7 Å². The number of ether oxygens (including phenoxy) is 4. The maximum Gasteiger partial charge on any atom is 0.445 e. The topological polar surface area (TPSA) is 222 Å². The maximum absolute atomic E-state index is 13.7. The number of benzene rings is 3. The summed E-state index contributed by atoms with van der Waals surface area (Å²) in [5.41, 5.74) is -1.53. The molecule has 0 saturated heterocycles. The van der Waals surface area contributed by atoms with Gasteiger partial charge in [0.2, 0.25) is 5.01 Å². The number of nitrogens with one attached hydrogen (secondary N) is 1. The standard InChI is InChI=1S/C16H18Cl2N2O4.C14H13F4N3O2S.C12H8F3N5O3S/c1-4-23-14(21)12-9-16(3,15(22)24-5-2)20(19-12)13-7-6-10(17)8-11(13)18;1-8(2)21(10-5-3-9(15)4-6-10)11(22)7-23-13-20-19-12(24-13)14(16,17)18;1-23-12-16-5-8(15)10-17-11(18-20(10)12)24(21,22)19-9-6(13)3-2-4-7(9)14/h6-8H,4-5,9H2,1-3H3;3-6,8H,7H2,1-2H3;2-5,19H,1H3. The van der Waals surface area contributed by atoms with E-state index in [0.717, 1.165) is 24.4 Å². The molecule has 1 aliphatic rings. The first kappa shape index (κ1) is 56.0. The van der Waals surface area contributed by atoms with Crippen LogP contribution < -0.4 is 24.1 Å². The Balaban J connectivity index is 0.000000201. The molecule has 7 rings (SSSR count). The minimum Gasteiger partial charge on any atom is -0.467 e. The van der Waals surface area contributed by atoms with E-state index in [4.69, 9.17) is 42.1 Å². The van der Waals surface area contributed by atoms with Crippen molar-refractivity contribution in [3.8, 4) is 11.2 Å².